The van der Waals surface area contributed by atoms with E-state index in [4.69, 9.17) is 15.3 Å². The fraction of sp³-hybridized carbons (Fsp3) is 0.333. The maximum Gasteiger partial charge on any atom is 0.253 e. The summed E-state index contributed by atoms with van der Waals surface area (Å²) in [4.78, 5) is 16.0. The summed E-state index contributed by atoms with van der Waals surface area (Å²) in [7, 11) is 0. The van der Waals surface area contributed by atoms with Crippen molar-refractivity contribution in [1.82, 2.24) is 15.0 Å². The van der Waals surface area contributed by atoms with Gasteiger partial charge in [0.25, 0.3) is 5.91 Å². The minimum Gasteiger partial charge on any atom is -0.486 e. The number of carbonyl (C=O) groups excluding carboxylic acids is 1. The highest BCUT2D eigenvalue weighted by Gasteiger charge is 2.18. The SMILES string of the molecule is CSc1nc2cc3c(cc2n1CC(=O)NN)OCCO3. The Morgan fingerprint density at radius 1 is 1.45 bits per heavy atom. The molecule has 1 aromatic heterocycles. The van der Waals surface area contributed by atoms with E-state index in [1.54, 1.807) is 4.57 Å². The zero-order chi connectivity index (χ0) is 14.1. The number of hydrogen-bond donors (Lipinski definition) is 2. The molecule has 106 valence electrons. The molecule has 1 aliphatic heterocycles. The number of thioether (sulfide) groups is 1. The molecule has 0 atom stereocenters. The molecule has 0 spiro atoms. The lowest BCUT2D eigenvalue weighted by Crippen LogP contribution is -2.33. The number of benzene rings is 1. The number of nitrogens with zero attached hydrogens (tertiary/aromatic N) is 2. The fourth-order valence-electron chi connectivity index (χ4n) is 2.14. The average Bonchev–Trinajstić information content (AvgIpc) is 2.81. The van der Waals surface area contributed by atoms with Crippen molar-refractivity contribution in [3.63, 3.8) is 0 Å². The largest absolute Gasteiger partial charge is 0.486 e. The van der Waals surface area contributed by atoms with Crippen LogP contribution in [0, 0.1) is 0 Å². The average molecular weight is 294 g/mol. The van der Waals surface area contributed by atoms with Gasteiger partial charge in [-0.25, -0.2) is 10.8 Å². The molecule has 0 bridgehead atoms. The second-order valence-electron chi connectivity index (χ2n) is 4.24. The van der Waals surface area contributed by atoms with Crippen LogP contribution in [0.2, 0.25) is 0 Å². The maximum absolute atomic E-state index is 11.5. The van der Waals surface area contributed by atoms with E-state index in [1.807, 2.05) is 18.4 Å². The Bertz CT molecular complexity index is 670. The molecule has 7 nitrogen and oxygen atoms in total. The topological polar surface area (TPSA) is 91.4 Å². The number of nitrogens with two attached hydrogens (primary N) is 1. The summed E-state index contributed by atoms with van der Waals surface area (Å²) >= 11 is 1.47. The first kappa shape index (κ1) is 13.1. The van der Waals surface area contributed by atoms with E-state index in [-0.39, 0.29) is 12.5 Å². The third kappa shape index (κ3) is 2.16. The summed E-state index contributed by atoms with van der Waals surface area (Å²) in [6, 6.07) is 3.68. The third-order valence-corrected chi connectivity index (χ3v) is 3.70. The Labute approximate surface area is 119 Å². The third-order valence-electron chi connectivity index (χ3n) is 3.02. The number of amides is 1. The van der Waals surface area contributed by atoms with Crippen LogP contribution in [0.25, 0.3) is 11.0 Å². The normalized spacial score (nSPS) is 13.5. The summed E-state index contributed by atoms with van der Waals surface area (Å²) in [5.74, 6) is 6.22. The highest BCUT2D eigenvalue weighted by Crippen LogP contribution is 2.35. The molecule has 1 aliphatic rings. The smallest absolute Gasteiger partial charge is 0.253 e. The van der Waals surface area contributed by atoms with E-state index in [9.17, 15) is 4.79 Å². The van der Waals surface area contributed by atoms with Crippen molar-refractivity contribution in [2.24, 2.45) is 5.84 Å². The number of hydrogen-bond acceptors (Lipinski definition) is 6. The molecule has 2 aromatic rings. The highest BCUT2D eigenvalue weighted by atomic mass is 32.2. The van der Waals surface area contributed by atoms with E-state index in [0.29, 0.717) is 24.7 Å². The van der Waals surface area contributed by atoms with Crippen molar-refractivity contribution in [1.29, 1.82) is 0 Å². The predicted molar refractivity (Wildman–Crippen MR) is 74.8 cm³/mol. The minimum absolute atomic E-state index is 0.114. The van der Waals surface area contributed by atoms with Gasteiger partial charge in [-0.3, -0.25) is 10.2 Å². The van der Waals surface area contributed by atoms with Gasteiger partial charge in [0.2, 0.25) is 0 Å². The van der Waals surface area contributed by atoms with Crippen molar-refractivity contribution in [3.8, 4) is 11.5 Å². The van der Waals surface area contributed by atoms with Crippen molar-refractivity contribution in [2.75, 3.05) is 19.5 Å². The van der Waals surface area contributed by atoms with E-state index in [0.717, 1.165) is 16.2 Å². The number of rotatable bonds is 3. The van der Waals surface area contributed by atoms with Gasteiger partial charge in [0.05, 0.1) is 11.0 Å². The molecule has 20 heavy (non-hydrogen) atoms. The second-order valence-corrected chi connectivity index (χ2v) is 5.01. The van der Waals surface area contributed by atoms with Crippen LogP contribution < -0.4 is 20.7 Å². The van der Waals surface area contributed by atoms with E-state index in [2.05, 4.69) is 10.4 Å². The van der Waals surface area contributed by atoms with E-state index >= 15 is 0 Å². The first-order valence-electron chi connectivity index (χ1n) is 6.06. The van der Waals surface area contributed by atoms with E-state index < -0.39 is 0 Å². The van der Waals surface area contributed by atoms with Crippen molar-refractivity contribution in [2.45, 2.75) is 11.7 Å². The van der Waals surface area contributed by atoms with Crippen molar-refractivity contribution >= 4 is 28.7 Å². The molecule has 1 aromatic carbocycles. The molecule has 8 heteroatoms. The zero-order valence-electron chi connectivity index (χ0n) is 10.9. The monoisotopic (exact) mass is 294 g/mol. The first-order chi connectivity index (χ1) is 9.72. The van der Waals surface area contributed by atoms with Crippen LogP contribution in [-0.4, -0.2) is 34.9 Å². The quantitative estimate of drug-likeness (QED) is 0.371. The molecular weight excluding hydrogens is 280 g/mol. The molecule has 0 saturated carbocycles. The zero-order valence-corrected chi connectivity index (χ0v) is 11.7. The summed E-state index contributed by atoms with van der Waals surface area (Å²) in [5.41, 5.74) is 3.72. The second kappa shape index (κ2) is 5.22. The molecular formula is C12H14N4O3S. The van der Waals surface area contributed by atoms with Crippen LogP contribution in [0.1, 0.15) is 0 Å². The predicted octanol–water partition coefficient (Wildman–Crippen LogP) is 0.519. The lowest BCUT2D eigenvalue weighted by Gasteiger charge is -2.18. The highest BCUT2D eigenvalue weighted by molar-refractivity contribution is 7.98. The molecule has 1 amide bonds. The number of ether oxygens (including phenoxy) is 2. The summed E-state index contributed by atoms with van der Waals surface area (Å²) in [6.45, 7) is 1.16. The van der Waals surface area contributed by atoms with Crippen LogP contribution in [-0.2, 0) is 11.3 Å². The standard InChI is InChI=1S/C12H14N4O3S/c1-20-12-14-7-4-9-10(19-3-2-18-9)5-8(7)16(12)6-11(17)15-13/h4-5H,2-3,6,13H2,1H3,(H,15,17). The van der Waals surface area contributed by atoms with Gasteiger partial charge in [-0.2, -0.15) is 0 Å². The van der Waals surface area contributed by atoms with Crippen LogP contribution in [0.3, 0.4) is 0 Å². The number of carbonyl (C=O) groups is 1. The number of imidazole rings is 1. The fourth-order valence-corrected chi connectivity index (χ4v) is 2.71. The van der Waals surface area contributed by atoms with Crippen LogP contribution in [0.5, 0.6) is 11.5 Å². The molecule has 0 saturated heterocycles. The Hall–Kier alpha value is -1.93. The van der Waals surface area contributed by atoms with Gasteiger partial charge in [-0.05, 0) is 6.26 Å². The molecule has 0 fully saturated rings. The van der Waals surface area contributed by atoms with Crippen molar-refractivity contribution < 1.29 is 14.3 Å². The van der Waals surface area contributed by atoms with Gasteiger partial charge in [-0.1, -0.05) is 11.8 Å². The van der Waals surface area contributed by atoms with E-state index in [1.165, 1.54) is 11.8 Å². The first-order valence-corrected chi connectivity index (χ1v) is 7.28. The van der Waals surface area contributed by atoms with Crippen LogP contribution in [0.4, 0.5) is 0 Å². The number of nitrogens with one attached hydrogen (secondary N) is 1. The van der Waals surface area contributed by atoms with Gasteiger partial charge in [-0.15, -0.1) is 0 Å². The molecule has 2 heterocycles. The Kier molecular flexibility index (Phi) is 3.41. The number of aromatic nitrogens is 2. The summed E-state index contributed by atoms with van der Waals surface area (Å²) in [5, 5.41) is 0.742. The lowest BCUT2D eigenvalue weighted by atomic mass is 10.2. The van der Waals surface area contributed by atoms with Gasteiger partial charge in [0.1, 0.15) is 19.8 Å². The number of fused-ring (bicyclic) bond motifs is 2. The van der Waals surface area contributed by atoms with Gasteiger partial charge in [0.15, 0.2) is 16.7 Å². The summed E-state index contributed by atoms with van der Waals surface area (Å²) < 4.78 is 12.9. The summed E-state index contributed by atoms with van der Waals surface area (Å²) in [6.07, 6.45) is 1.91. The van der Waals surface area contributed by atoms with Crippen LogP contribution in [0.15, 0.2) is 17.3 Å². The van der Waals surface area contributed by atoms with Gasteiger partial charge in [0, 0.05) is 12.1 Å². The molecule has 0 unspecified atom stereocenters. The Morgan fingerprint density at radius 2 is 2.15 bits per heavy atom. The molecule has 3 N–H and O–H groups in total. The molecule has 0 radical (unpaired) electrons. The minimum atomic E-state index is -0.283. The lowest BCUT2D eigenvalue weighted by molar-refractivity contribution is -0.121. The molecule has 3 rings (SSSR count). The van der Waals surface area contributed by atoms with Gasteiger partial charge < -0.3 is 14.0 Å². The maximum atomic E-state index is 11.5. The van der Waals surface area contributed by atoms with Gasteiger partial charge >= 0.3 is 0 Å². The number of hydrazine groups is 1. The van der Waals surface area contributed by atoms with Crippen LogP contribution >= 0.6 is 11.8 Å². The molecule has 0 aliphatic carbocycles. The Balaban J connectivity index is 2.13. The van der Waals surface area contributed by atoms with Crippen molar-refractivity contribution in [3.05, 3.63) is 12.1 Å². The Morgan fingerprint density at radius 3 is 2.80 bits per heavy atom.